The molecule has 2 unspecified atom stereocenters. The summed E-state index contributed by atoms with van der Waals surface area (Å²) in [4.78, 5) is 37.1. The highest BCUT2D eigenvalue weighted by Crippen LogP contribution is 2.17. The molecule has 0 aliphatic carbocycles. The summed E-state index contributed by atoms with van der Waals surface area (Å²) in [6.45, 7) is 4.71. The minimum absolute atomic E-state index is 0.0431. The average molecular weight is 933 g/mol. The maximum absolute atomic E-state index is 12.8. The number of esters is 2. The number of rotatable bonds is 52. The van der Waals surface area contributed by atoms with Crippen molar-refractivity contribution >= 4 is 17.9 Å². The van der Waals surface area contributed by atoms with Crippen molar-refractivity contribution in [3.8, 4) is 0 Å². The molecular formula is C58H109NO7. The van der Waals surface area contributed by atoms with Crippen LogP contribution in [-0.4, -0.2) is 75.5 Å². The lowest BCUT2D eigenvalue weighted by Crippen LogP contribution is -2.55. The molecular weight excluding hydrogens is 823 g/mol. The van der Waals surface area contributed by atoms with Crippen LogP contribution in [0.3, 0.4) is 0 Å². The molecule has 0 radical (unpaired) electrons. The predicted octanol–water partition coefficient (Wildman–Crippen LogP) is 15.4. The van der Waals surface area contributed by atoms with E-state index in [9.17, 15) is 19.5 Å². The quantitative estimate of drug-likeness (QED) is 0.0259. The van der Waals surface area contributed by atoms with Gasteiger partial charge in [0, 0.05) is 19.3 Å². The summed E-state index contributed by atoms with van der Waals surface area (Å²) in [7, 11) is 5.43. The second-order valence-electron chi connectivity index (χ2n) is 20.5. The zero-order chi connectivity index (χ0) is 48.4. The van der Waals surface area contributed by atoms with E-state index in [1.165, 1.54) is 193 Å². The molecule has 66 heavy (non-hydrogen) atoms. The van der Waals surface area contributed by atoms with E-state index >= 15 is 0 Å². The van der Waals surface area contributed by atoms with Crippen molar-refractivity contribution in [1.82, 2.24) is 0 Å². The highest BCUT2D eigenvalue weighted by atomic mass is 16.6. The van der Waals surface area contributed by atoms with Crippen molar-refractivity contribution in [2.24, 2.45) is 0 Å². The second-order valence-corrected chi connectivity index (χ2v) is 20.5. The number of hydrogen-bond donors (Lipinski definition) is 0. The monoisotopic (exact) mass is 932 g/mol. The number of carboxylic acids is 1. The molecule has 388 valence electrons. The van der Waals surface area contributed by atoms with E-state index in [2.05, 4.69) is 38.2 Å². The Labute approximate surface area is 409 Å². The number of allylic oxidation sites excluding steroid dienone is 4. The summed E-state index contributed by atoms with van der Waals surface area (Å²) in [6.07, 6.45) is 57.9. The number of likely N-dealkylation sites (N-methyl/N-ethyl adjacent to an activating group) is 1. The SMILES string of the molecule is CCCCCCCCCC/C=C/C/C=C/CCCCCCCCCC(=O)OCC(COCCC(C(=O)[O-])[N+](C)(C)C)OC(=O)CCCCCCCCCCCCCCCCCCCCCC. The summed E-state index contributed by atoms with van der Waals surface area (Å²) < 4.78 is 17.3. The maximum atomic E-state index is 12.8. The third-order valence-corrected chi connectivity index (χ3v) is 13.1. The molecule has 0 amide bonds. The first kappa shape index (κ1) is 63.8. The van der Waals surface area contributed by atoms with Gasteiger partial charge in [0.25, 0.3) is 0 Å². The molecule has 8 nitrogen and oxygen atoms in total. The third-order valence-electron chi connectivity index (χ3n) is 13.1. The molecule has 0 fully saturated rings. The highest BCUT2D eigenvalue weighted by Gasteiger charge is 2.25. The minimum Gasteiger partial charge on any atom is -0.544 e. The molecule has 0 spiro atoms. The summed E-state index contributed by atoms with van der Waals surface area (Å²) in [5, 5.41) is 11.7. The summed E-state index contributed by atoms with van der Waals surface area (Å²) >= 11 is 0. The van der Waals surface area contributed by atoms with Gasteiger partial charge < -0.3 is 28.6 Å². The van der Waals surface area contributed by atoms with E-state index in [4.69, 9.17) is 14.2 Å². The molecule has 0 rings (SSSR count). The topological polar surface area (TPSA) is 102 Å². The van der Waals surface area contributed by atoms with Gasteiger partial charge in [0.15, 0.2) is 6.10 Å². The van der Waals surface area contributed by atoms with Crippen LogP contribution in [0.25, 0.3) is 0 Å². The van der Waals surface area contributed by atoms with Crippen molar-refractivity contribution in [2.75, 3.05) is 41.0 Å². The number of hydrogen-bond acceptors (Lipinski definition) is 7. The van der Waals surface area contributed by atoms with Gasteiger partial charge in [-0.2, -0.15) is 0 Å². The van der Waals surface area contributed by atoms with Gasteiger partial charge in [-0.3, -0.25) is 9.59 Å². The zero-order valence-corrected chi connectivity index (χ0v) is 44.4. The predicted molar refractivity (Wildman–Crippen MR) is 277 cm³/mol. The van der Waals surface area contributed by atoms with Crippen LogP contribution >= 0.6 is 0 Å². The zero-order valence-electron chi connectivity index (χ0n) is 44.4. The van der Waals surface area contributed by atoms with Gasteiger partial charge >= 0.3 is 11.9 Å². The lowest BCUT2D eigenvalue weighted by Gasteiger charge is -2.34. The molecule has 0 saturated heterocycles. The summed E-state index contributed by atoms with van der Waals surface area (Å²) in [6, 6.07) is -0.725. The Hall–Kier alpha value is -2.19. The number of carbonyl (C=O) groups excluding carboxylic acids is 3. The van der Waals surface area contributed by atoms with Crippen molar-refractivity contribution in [2.45, 2.75) is 289 Å². The molecule has 0 heterocycles. The highest BCUT2D eigenvalue weighted by molar-refractivity contribution is 5.70. The molecule has 0 aliphatic heterocycles. The molecule has 0 bridgehead atoms. The van der Waals surface area contributed by atoms with E-state index < -0.39 is 18.1 Å². The van der Waals surface area contributed by atoms with Gasteiger partial charge in [0.2, 0.25) is 0 Å². The van der Waals surface area contributed by atoms with Gasteiger partial charge in [-0.1, -0.05) is 237 Å². The molecule has 2 atom stereocenters. The number of carbonyl (C=O) groups is 3. The van der Waals surface area contributed by atoms with Gasteiger partial charge in [0.05, 0.1) is 40.3 Å². The number of unbranched alkanes of at least 4 members (excludes halogenated alkanes) is 34. The van der Waals surface area contributed by atoms with Gasteiger partial charge in [-0.05, 0) is 44.9 Å². The number of aliphatic carboxylic acids is 1. The number of nitrogens with zero attached hydrogens (tertiary/aromatic N) is 1. The Morgan fingerprint density at radius 2 is 0.803 bits per heavy atom. The fourth-order valence-corrected chi connectivity index (χ4v) is 8.69. The Morgan fingerprint density at radius 1 is 0.455 bits per heavy atom. The van der Waals surface area contributed by atoms with Crippen LogP contribution < -0.4 is 5.11 Å². The van der Waals surface area contributed by atoms with E-state index in [0.29, 0.717) is 12.8 Å². The first-order chi connectivity index (χ1) is 32.1. The number of carboxylic acid groups (broad SMARTS) is 1. The number of quaternary nitrogens is 1. The first-order valence-corrected chi connectivity index (χ1v) is 28.4. The van der Waals surface area contributed by atoms with Gasteiger partial charge in [0.1, 0.15) is 12.6 Å². The average Bonchev–Trinajstić information content (AvgIpc) is 3.28. The lowest BCUT2D eigenvalue weighted by atomic mass is 10.0. The smallest absolute Gasteiger partial charge is 0.306 e. The molecule has 8 heteroatoms. The molecule has 0 aromatic heterocycles. The third kappa shape index (κ3) is 46.9. The Balaban J connectivity index is 4.17. The van der Waals surface area contributed by atoms with Crippen molar-refractivity contribution in [1.29, 1.82) is 0 Å². The molecule has 0 N–H and O–H groups in total. The summed E-state index contributed by atoms with van der Waals surface area (Å²) in [5.74, 6) is -1.72. The number of ether oxygens (including phenoxy) is 3. The molecule has 0 aliphatic rings. The fourth-order valence-electron chi connectivity index (χ4n) is 8.69. The Morgan fingerprint density at radius 3 is 1.17 bits per heavy atom. The van der Waals surface area contributed by atoms with Crippen LogP contribution in [0.4, 0.5) is 0 Å². The van der Waals surface area contributed by atoms with Crippen LogP contribution in [0.1, 0.15) is 277 Å². The van der Waals surface area contributed by atoms with E-state index in [-0.39, 0.29) is 42.7 Å². The molecule has 0 aromatic carbocycles. The first-order valence-electron chi connectivity index (χ1n) is 28.4. The van der Waals surface area contributed by atoms with Crippen molar-refractivity contribution in [3.63, 3.8) is 0 Å². The van der Waals surface area contributed by atoms with Crippen LogP contribution in [0.15, 0.2) is 24.3 Å². The Bertz CT molecular complexity index is 1130. The lowest BCUT2D eigenvalue weighted by molar-refractivity contribution is -0.889. The van der Waals surface area contributed by atoms with E-state index in [0.717, 1.165) is 51.4 Å². The largest absolute Gasteiger partial charge is 0.544 e. The van der Waals surface area contributed by atoms with Crippen molar-refractivity contribution in [3.05, 3.63) is 24.3 Å². The van der Waals surface area contributed by atoms with Crippen LogP contribution in [0, 0.1) is 0 Å². The normalized spacial score (nSPS) is 12.9. The molecule has 0 saturated carbocycles. The van der Waals surface area contributed by atoms with Crippen LogP contribution in [0.2, 0.25) is 0 Å². The standard InChI is InChI=1S/C58H109NO7/c1-6-8-10-12-14-16-18-20-22-24-26-28-29-31-32-34-36-38-40-42-44-46-48-56(60)65-53-54(52-64-51-50-55(58(62)63)59(3,4)5)66-57(61)49-47-45-43-41-39-37-35-33-30-27-25-23-21-19-17-15-13-11-9-7-2/h24,26,29,31,54-55H,6-23,25,27-28,30,32-53H2,1-5H3/b26-24+,31-29+. The van der Waals surface area contributed by atoms with Crippen LogP contribution in [0.5, 0.6) is 0 Å². The fraction of sp³-hybridized carbons (Fsp3) is 0.879. The Kier molecular flexibility index (Phi) is 47.6. The maximum Gasteiger partial charge on any atom is 0.306 e. The molecule has 0 aromatic rings. The van der Waals surface area contributed by atoms with E-state index in [1.807, 2.05) is 21.1 Å². The minimum atomic E-state index is -1.12. The second kappa shape index (κ2) is 49.2. The van der Waals surface area contributed by atoms with Gasteiger partial charge in [-0.15, -0.1) is 0 Å². The summed E-state index contributed by atoms with van der Waals surface area (Å²) in [5.41, 5.74) is 0. The van der Waals surface area contributed by atoms with Crippen molar-refractivity contribution < 1.29 is 38.2 Å². The van der Waals surface area contributed by atoms with E-state index in [1.54, 1.807) is 0 Å². The van der Waals surface area contributed by atoms with Crippen LogP contribution in [-0.2, 0) is 28.6 Å². The van der Waals surface area contributed by atoms with Gasteiger partial charge in [-0.25, -0.2) is 0 Å².